The van der Waals surface area contributed by atoms with Gasteiger partial charge in [-0.2, -0.15) is 5.10 Å². The smallest absolute Gasteiger partial charge is 0.322 e. The molecule has 0 aliphatic heterocycles. The Kier molecular flexibility index (Phi) is 6.27. The summed E-state index contributed by atoms with van der Waals surface area (Å²) in [5, 5.41) is 10.8. The Morgan fingerprint density at radius 1 is 0.821 bits per heavy atom. The van der Waals surface area contributed by atoms with Crippen LogP contribution in [-0.4, -0.2) is 23.9 Å². The minimum absolute atomic E-state index is 0.221. The van der Waals surface area contributed by atoms with Crippen molar-refractivity contribution in [1.29, 1.82) is 0 Å². The fourth-order valence-corrected chi connectivity index (χ4v) is 2.84. The van der Waals surface area contributed by atoms with Crippen LogP contribution >= 0.6 is 11.3 Å². The van der Waals surface area contributed by atoms with Gasteiger partial charge in [0.1, 0.15) is 0 Å². The molecule has 3 aromatic rings. The Hall–Kier alpha value is -3.78. The highest BCUT2D eigenvalue weighted by atomic mass is 32.1. The van der Waals surface area contributed by atoms with Gasteiger partial charge in [0.25, 0.3) is 5.91 Å². The molecule has 2 aromatic carbocycles. The van der Waals surface area contributed by atoms with Crippen molar-refractivity contribution in [2.75, 3.05) is 10.6 Å². The summed E-state index contributed by atoms with van der Waals surface area (Å²) >= 11 is 1.45. The van der Waals surface area contributed by atoms with Crippen LogP contribution in [0.2, 0.25) is 0 Å². The first kappa shape index (κ1) is 19.0. The Bertz CT molecular complexity index is 1000. The predicted octanol–water partition coefficient (Wildman–Crippen LogP) is 3.09. The second-order valence-corrected chi connectivity index (χ2v) is 6.51. The van der Waals surface area contributed by atoms with Crippen molar-refractivity contribution in [1.82, 2.24) is 5.43 Å². The number of carbonyl (C=O) groups excluding carboxylic acids is 3. The Labute approximate surface area is 165 Å². The summed E-state index contributed by atoms with van der Waals surface area (Å²) in [5.41, 5.74) is 3.23. The Morgan fingerprint density at radius 2 is 1.57 bits per heavy atom. The average Bonchev–Trinajstić information content (AvgIpc) is 3.22. The molecule has 8 heteroatoms. The van der Waals surface area contributed by atoms with Crippen molar-refractivity contribution in [3.05, 3.63) is 82.6 Å². The lowest BCUT2D eigenvalue weighted by atomic mass is 10.1. The summed E-state index contributed by atoms with van der Waals surface area (Å²) in [7, 11) is 0. The first-order valence-corrected chi connectivity index (χ1v) is 9.15. The van der Waals surface area contributed by atoms with Gasteiger partial charge in [0.15, 0.2) is 0 Å². The third-order valence-corrected chi connectivity index (χ3v) is 4.37. The SMILES string of the molecule is O=C(NN=Cc1cccs1)C(=O)Nc1ccccc1C(=O)Nc1ccccc1. The minimum Gasteiger partial charge on any atom is -0.322 e. The zero-order valence-corrected chi connectivity index (χ0v) is 15.4. The zero-order valence-electron chi connectivity index (χ0n) is 14.6. The molecule has 0 unspecified atom stereocenters. The van der Waals surface area contributed by atoms with E-state index in [-0.39, 0.29) is 11.3 Å². The van der Waals surface area contributed by atoms with Crippen molar-refractivity contribution in [3.8, 4) is 0 Å². The van der Waals surface area contributed by atoms with Crippen molar-refractivity contribution >= 4 is 46.6 Å². The molecule has 3 rings (SSSR count). The lowest BCUT2D eigenvalue weighted by Gasteiger charge is -2.11. The van der Waals surface area contributed by atoms with Crippen LogP contribution in [0.4, 0.5) is 11.4 Å². The number of anilines is 2. The number of nitrogens with one attached hydrogen (secondary N) is 3. The number of hydrogen-bond donors (Lipinski definition) is 3. The van der Waals surface area contributed by atoms with Crippen molar-refractivity contribution in [2.45, 2.75) is 0 Å². The summed E-state index contributed by atoms with van der Waals surface area (Å²) < 4.78 is 0. The number of thiophene rings is 1. The summed E-state index contributed by atoms with van der Waals surface area (Å²) in [4.78, 5) is 37.4. The number of para-hydroxylation sites is 2. The highest BCUT2D eigenvalue weighted by molar-refractivity contribution is 7.11. The van der Waals surface area contributed by atoms with Crippen LogP contribution < -0.4 is 16.1 Å². The third-order valence-electron chi connectivity index (χ3n) is 3.56. The molecule has 0 aliphatic rings. The van der Waals surface area contributed by atoms with E-state index in [0.29, 0.717) is 5.69 Å². The monoisotopic (exact) mass is 392 g/mol. The van der Waals surface area contributed by atoms with E-state index < -0.39 is 17.7 Å². The average molecular weight is 392 g/mol. The van der Waals surface area contributed by atoms with Crippen molar-refractivity contribution in [2.24, 2.45) is 5.10 Å². The van der Waals surface area contributed by atoms with Gasteiger partial charge in [0, 0.05) is 10.6 Å². The molecule has 7 nitrogen and oxygen atoms in total. The van der Waals surface area contributed by atoms with E-state index in [2.05, 4.69) is 21.2 Å². The lowest BCUT2D eigenvalue weighted by molar-refractivity contribution is -0.136. The molecule has 1 heterocycles. The lowest BCUT2D eigenvalue weighted by Crippen LogP contribution is -2.33. The summed E-state index contributed by atoms with van der Waals surface area (Å²) in [5.74, 6) is -2.27. The van der Waals surface area contributed by atoms with Gasteiger partial charge in [-0.05, 0) is 35.7 Å². The standard InChI is InChI=1S/C20H16N4O3S/c25-18(22-14-7-2-1-3-8-14)16-10-4-5-11-17(16)23-19(26)20(27)24-21-13-15-9-6-12-28-15/h1-13H,(H,22,25)(H,23,26)(H,24,27). The molecule has 0 aliphatic carbocycles. The normalized spacial score (nSPS) is 10.4. The van der Waals surface area contributed by atoms with E-state index in [1.807, 2.05) is 23.6 Å². The molecule has 0 radical (unpaired) electrons. The van der Waals surface area contributed by atoms with E-state index >= 15 is 0 Å². The third kappa shape index (κ3) is 5.12. The molecule has 0 saturated heterocycles. The molecule has 0 spiro atoms. The summed E-state index contributed by atoms with van der Waals surface area (Å²) in [6.45, 7) is 0. The van der Waals surface area contributed by atoms with Gasteiger partial charge in [-0.15, -0.1) is 11.3 Å². The van der Waals surface area contributed by atoms with Crippen molar-refractivity contribution in [3.63, 3.8) is 0 Å². The number of hydrazone groups is 1. The maximum atomic E-state index is 12.5. The van der Waals surface area contributed by atoms with Crippen LogP contribution in [0.15, 0.2) is 77.2 Å². The van der Waals surface area contributed by atoms with E-state index in [0.717, 1.165) is 4.88 Å². The number of carbonyl (C=O) groups is 3. The first-order chi connectivity index (χ1) is 13.6. The topological polar surface area (TPSA) is 99.7 Å². The fraction of sp³-hybridized carbons (Fsp3) is 0. The number of amides is 3. The molecule has 0 atom stereocenters. The van der Waals surface area contributed by atoms with Gasteiger partial charge in [-0.25, -0.2) is 5.43 Å². The highest BCUT2D eigenvalue weighted by Gasteiger charge is 2.17. The van der Waals surface area contributed by atoms with Crippen molar-refractivity contribution < 1.29 is 14.4 Å². The zero-order chi connectivity index (χ0) is 19.8. The van der Waals surface area contributed by atoms with Crippen LogP contribution in [0.25, 0.3) is 0 Å². The van der Waals surface area contributed by atoms with Gasteiger partial charge in [-0.1, -0.05) is 36.4 Å². The molecular weight excluding hydrogens is 376 g/mol. The van der Waals surface area contributed by atoms with Crippen LogP contribution in [0.3, 0.4) is 0 Å². The van der Waals surface area contributed by atoms with Crippen LogP contribution in [0.5, 0.6) is 0 Å². The number of hydrogen-bond acceptors (Lipinski definition) is 5. The van der Waals surface area contributed by atoms with E-state index in [1.54, 1.807) is 48.5 Å². The molecule has 0 bridgehead atoms. The molecule has 140 valence electrons. The second-order valence-electron chi connectivity index (χ2n) is 5.53. The fourth-order valence-electron chi connectivity index (χ4n) is 2.26. The van der Waals surface area contributed by atoms with Crippen LogP contribution in [-0.2, 0) is 9.59 Å². The van der Waals surface area contributed by atoms with E-state index in [1.165, 1.54) is 17.6 Å². The molecule has 0 fully saturated rings. The van der Waals surface area contributed by atoms with E-state index in [4.69, 9.17) is 0 Å². The molecule has 1 aromatic heterocycles. The minimum atomic E-state index is -0.939. The number of nitrogens with zero attached hydrogens (tertiary/aromatic N) is 1. The Morgan fingerprint density at radius 3 is 2.32 bits per heavy atom. The maximum absolute atomic E-state index is 12.5. The second kappa shape index (κ2) is 9.24. The van der Waals surface area contributed by atoms with E-state index in [9.17, 15) is 14.4 Å². The molecule has 3 amide bonds. The van der Waals surface area contributed by atoms with Gasteiger partial charge in [0.2, 0.25) is 0 Å². The maximum Gasteiger partial charge on any atom is 0.329 e. The molecular formula is C20H16N4O3S. The number of rotatable bonds is 5. The molecule has 28 heavy (non-hydrogen) atoms. The van der Waals surface area contributed by atoms with Gasteiger partial charge < -0.3 is 10.6 Å². The predicted molar refractivity (Wildman–Crippen MR) is 110 cm³/mol. The Balaban J connectivity index is 1.64. The van der Waals surface area contributed by atoms with Crippen LogP contribution in [0.1, 0.15) is 15.2 Å². The summed E-state index contributed by atoms with van der Waals surface area (Å²) in [6, 6.07) is 19.0. The van der Waals surface area contributed by atoms with Gasteiger partial charge in [0.05, 0.1) is 17.5 Å². The quantitative estimate of drug-likeness (QED) is 0.353. The largest absolute Gasteiger partial charge is 0.329 e. The number of benzene rings is 2. The molecule has 3 N–H and O–H groups in total. The van der Waals surface area contributed by atoms with Crippen LogP contribution in [0, 0.1) is 0 Å². The molecule has 0 saturated carbocycles. The highest BCUT2D eigenvalue weighted by Crippen LogP contribution is 2.17. The van der Waals surface area contributed by atoms with Gasteiger partial charge in [-0.3, -0.25) is 14.4 Å². The first-order valence-electron chi connectivity index (χ1n) is 8.27. The van der Waals surface area contributed by atoms with Gasteiger partial charge >= 0.3 is 11.8 Å². The summed E-state index contributed by atoms with van der Waals surface area (Å²) in [6.07, 6.45) is 1.44.